The molecule has 1 aliphatic heterocycles. The van der Waals surface area contributed by atoms with Gasteiger partial charge in [0, 0.05) is 16.9 Å². The van der Waals surface area contributed by atoms with Crippen molar-refractivity contribution in [1.29, 1.82) is 0 Å². The van der Waals surface area contributed by atoms with Crippen LogP contribution in [0.2, 0.25) is 10.0 Å². The van der Waals surface area contributed by atoms with Crippen molar-refractivity contribution in [3.05, 3.63) is 118 Å². The van der Waals surface area contributed by atoms with Crippen LogP contribution in [0.4, 0.5) is 5.69 Å². The normalized spacial score (nSPS) is 25.2. The maximum atomic E-state index is 13.6. The van der Waals surface area contributed by atoms with E-state index in [-0.39, 0.29) is 23.7 Å². The van der Waals surface area contributed by atoms with Gasteiger partial charge in [0.1, 0.15) is 0 Å². The molecule has 0 unspecified atom stereocenters. The summed E-state index contributed by atoms with van der Waals surface area (Å²) in [6.07, 6.45) is 4.20. The summed E-state index contributed by atoms with van der Waals surface area (Å²) in [5.74, 6) is -1.47. The van der Waals surface area contributed by atoms with Crippen molar-refractivity contribution in [3.63, 3.8) is 0 Å². The van der Waals surface area contributed by atoms with Crippen LogP contribution >= 0.6 is 23.2 Å². The van der Waals surface area contributed by atoms with Crippen LogP contribution in [-0.4, -0.2) is 11.8 Å². The second kappa shape index (κ2) is 7.72. The van der Waals surface area contributed by atoms with Gasteiger partial charge in [0.05, 0.1) is 22.5 Å². The molecule has 6 rings (SSSR count). The van der Waals surface area contributed by atoms with Crippen LogP contribution in [0, 0.1) is 23.7 Å². The van der Waals surface area contributed by atoms with E-state index >= 15 is 0 Å². The van der Waals surface area contributed by atoms with Gasteiger partial charge in [-0.2, -0.15) is 0 Å². The number of hydrogen-bond acceptors (Lipinski definition) is 2. The number of imide groups is 1. The summed E-state index contributed by atoms with van der Waals surface area (Å²) in [4.78, 5) is 28.5. The molecule has 0 aromatic heterocycles. The molecule has 2 aliphatic carbocycles. The number of benzene rings is 3. The Kier molecular flexibility index (Phi) is 4.79. The van der Waals surface area contributed by atoms with Gasteiger partial charge in [0.15, 0.2) is 0 Å². The predicted octanol–water partition coefficient (Wildman–Crippen LogP) is 6.42. The largest absolute Gasteiger partial charge is 0.274 e. The van der Waals surface area contributed by atoms with Gasteiger partial charge in [-0.3, -0.25) is 9.59 Å². The van der Waals surface area contributed by atoms with E-state index in [1.165, 1.54) is 4.90 Å². The number of carbonyl (C=O) groups excluding carboxylic acids is 2. The minimum absolute atomic E-state index is 0.122. The number of allylic oxidation sites excluding steroid dienone is 3. The smallest absolute Gasteiger partial charge is 0.238 e. The van der Waals surface area contributed by atoms with E-state index in [1.54, 1.807) is 18.2 Å². The zero-order valence-electron chi connectivity index (χ0n) is 17.5. The third-order valence-electron chi connectivity index (χ3n) is 6.98. The van der Waals surface area contributed by atoms with E-state index in [4.69, 9.17) is 23.2 Å². The summed E-state index contributed by atoms with van der Waals surface area (Å²) in [5.41, 5.74) is 4.86. The highest BCUT2D eigenvalue weighted by Crippen LogP contribution is 2.59. The Morgan fingerprint density at radius 1 is 0.697 bits per heavy atom. The quantitative estimate of drug-likeness (QED) is 0.326. The second-order valence-electron chi connectivity index (χ2n) is 8.66. The number of anilines is 1. The van der Waals surface area contributed by atoms with Gasteiger partial charge in [0.2, 0.25) is 11.8 Å². The maximum absolute atomic E-state index is 13.6. The first-order chi connectivity index (χ1) is 16.1. The molecule has 162 valence electrons. The first-order valence-corrected chi connectivity index (χ1v) is 11.7. The van der Waals surface area contributed by atoms with E-state index < -0.39 is 11.8 Å². The number of fused-ring (bicyclic) bond motifs is 5. The number of amides is 2. The highest BCUT2D eigenvalue weighted by molar-refractivity contribution is 6.38. The summed E-state index contributed by atoms with van der Waals surface area (Å²) in [6.45, 7) is 0. The first kappa shape index (κ1) is 20.5. The Bertz CT molecular complexity index is 1270. The predicted molar refractivity (Wildman–Crippen MR) is 131 cm³/mol. The van der Waals surface area contributed by atoms with Gasteiger partial charge in [-0.25, -0.2) is 4.90 Å². The lowest BCUT2D eigenvalue weighted by atomic mass is 9.85. The van der Waals surface area contributed by atoms with E-state index in [0.29, 0.717) is 15.7 Å². The Morgan fingerprint density at radius 3 is 1.70 bits per heavy atom. The summed E-state index contributed by atoms with van der Waals surface area (Å²) < 4.78 is 0. The van der Waals surface area contributed by atoms with Crippen molar-refractivity contribution >= 4 is 46.3 Å². The van der Waals surface area contributed by atoms with Crippen molar-refractivity contribution in [2.75, 3.05) is 4.90 Å². The van der Waals surface area contributed by atoms with Crippen molar-refractivity contribution in [2.24, 2.45) is 23.7 Å². The standard InChI is InChI=1S/C28H19Cl2NO2/c29-18-11-14-22(21(30)15-18)31-27(32)25-19-12-13-20(26(25)28(31)33)24(19)23(16-7-3-1-4-8-16)17-9-5-2-6-10-17/h1-15,19-20,25-26H/t19-,20-,25-,26-/m1/s1. The third-order valence-corrected chi connectivity index (χ3v) is 7.52. The molecule has 3 nitrogen and oxygen atoms in total. The molecule has 0 N–H and O–H groups in total. The van der Waals surface area contributed by atoms with Crippen LogP contribution in [-0.2, 0) is 9.59 Å². The van der Waals surface area contributed by atoms with E-state index in [0.717, 1.165) is 22.3 Å². The van der Waals surface area contributed by atoms with Crippen LogP contribution in [0.15, 0.2) is 96.6 Å². The number of nitrogens with zero attached hydrogens (tertiary/aromatic N) is 1. The molecular weight excluding hydrogens is 453 g/mol. The lowest BCUT2D eigenvalue weighted by Gasteiger charge is -2.22. The topological polar surface area (TPSA) is 37.4 Å². The van der Waals surface area contributed by atoms with Crippen LogP contribution in [0.5, 0.6) is 0 Å². The lowest BCUT2D eigenvalue weighted by molar-refractivity contribution is -0.122. The summed E-state index contributed by atoms with van der Waals surface area (Å²) in [5, 5.41) is 0.764. The molecule has 0 spiro atoms. The molecule has 2 bridgehead atoms. The zero-order valence-corrected chi connectivity index (χ0v) is 19.0. The first-order valence-electron chi connectivity index (χ1n) is 10.9. The van der Waals surface area contributed by atoms with Crippen LogP contribution in [0.1, 0.15) is 11.1 Å². The Morgan fingerprint density at radius 2 is 1.21 bits per heavy atom. The average Bonchev–Trinajstić information content (AvgIpc) is 3.46. The van der Waals surface area contributed by atoms with Crippen molar-refractivity contribution in [1.82, 2.24) is 0 Å². The van der Waals surface area contributed by atoms with E-state index in [1.807, 2.05) is 36.4 Å². The fourth-order valence-corrected chi connectivity index (χ4v) is 6.20. The fraction of sp³-hybridized carbons (Fsp3) is 0.143. The SMILES string of the molecule is O=C1[C@H]2[C@H](C(=O)N1c1ccc(Cl)cc1Cl)[C@@H]1C=C[C@@H]2C1=C(c1ccccc1)c1ccccc1. The Hall–Kier alpha value is -3.14. The average molecular weight is 472 g/mol. The van der Waals surface area contributed by atoms with Gasteiger partial charge < -0.3 is 0 Å². The van der Waals surface area contributed by atoms with Crippen LogP contribution < -0.4 is 4.90 Å². The molecule has 0 radical (unpaired) electrons. The molecule has 2 fully saturated rings. The third kappa shape index (κ3) is 3.03. The van der Waals surface area contributed by atoms with Crippen molar-refractivity contribution < 1.29 is 9.59 Å². The minimum Gasteiger partial charge on any atom is -0.274 e. The fourth-order valence-electron chi connectivity index (χ4n) is 5.71. The Labute approximate surface area is 201 Å². The second-order valence-corrected chi connectivity index (χ2v) is 9.50. The van der Waals surface area contributed by atoms with E-state index in [2.05, 4.69) is 36.4 Å². The summed E-state index contributed by atoms with van der Waals surface area (Å²) in [6, 6.07) is 25.3. The lowest BCUT2D eigenvalue weighted by Crippen LogP contribution is -2.33. The summed E-state index contributed by atoms with van der Waals surface area (Å²) in [7, 11) is 0. The maximum Gasteiger partial charge on any atom is 0.238 e. The van der Waals surface area contributed by atoms with E-state index in [9.17, 15) is 9.59 Å². The Balaban J connectivity index is 1.49. The van der Waals surface area contributed by atoms with Gasteiger partial charge in [-0.05, 0) is 40.5 Å². The monoisotopic (exact) mass is 471 g/mol. The highest BCUT2D eigenvalue weighted by atomic mass is 35.5. The van der Waals surface area contributed by atoms with Gasteiger partial charge >= 0.3 is 0 Å². The number of halogens is 2. The molecule has 4 atom stereocenters. The molecule has 3 aromatic carbocycles. The van der Waals surface area contributed by atoms with Crippen LogP contribution in [0.25, 0.3) is 5.57 Å². The van der Waals surface area contributed by atoms with Gasteiger partial charge in [0.25, 0.3) is 0 Å². The molecule has 33 heavy (non-hydrogen) atoms. The van der Waals surface area contributed by atoms with Crippen molar-refractivity contribution in [2.45, 2.75) is 0 Å². The molecule has 1 heterocycles. The molecule has 1 saturated carbocycles. The molecule has 2 amide bonds. The molecular formula is C28H19Cl2NO2. The molecule has 3 aromatic rings. The molecule has 5 heteroatoms. The number of carbonyl (C=O) groups is 2. The van der Waals surface area contributed by atoms with Gasteiger partial charge in [-0.15, -0.1) is 0 Å². The zero-order chi connectivity index (χ0) is 22.7. The summed E-state index contributed by atoms with van der Waals surface area (Å²) >= 11 is 12.4. The minimum atomic E-state index is -0.420. The number of hydrogen-bond donors (Lipinski definition) is 0. The van der Waals surface area contributed by atoms with Crippen LogP contribution in [0.3, 0.4) is 0 Å². The van der Waals surface area contributed by atoms with Gasteiger partial charge in [-0.1, -0.05) is 96.0 Å². The number of rotatable bonds is 3. The highest BCUT2D eigenvalue weighted by Gasteiger charge is 2.62. The molecule has 3 aliphatic rings. The van der Waals surface area contributed by atoms with Crippen molar-refractivity contribution in [3.8, 4) is 0 Å². The molecule has 1 saturated heterocycles.